The van der Waals surface area contributed by atoms with Gasteiger partial charge >= 0.3 is 0 Å². The number of carbonyl (C=O) groups is 2. The lowest BCUT2D eigenvalue weighted by Crippen LogP contribution is -2.19. The number of ether oxygens (including phenoxy) is 1. The zero-order valence-electron chi connectivity index (χ0n) is 20.0. The number of hydrogen-bond donors (Lipinski definition) is 2. The van der Waals surface area contributed by atoms with Crippen molar-refractivity contribution in [3.05, 3.63) is 115 Å². The van der Waals surface area contributed by atoms with Crippen molar-refractivity contribution in [3.8, 4) is 11.5 Å². The Morgan fingerprint density at radius 3 is 2.11 bits per heavy atom. The van der Waals surface area contributed by atoms with Crippen molar-refractivity contribution in [2.24, 2.45) is 0 Å². The van der Waals surface area contributed by atoms with Gasteiger partial charge in [0.1, 0.15) is 16.7 Å². The van der Waals surface area contributed by atoms with Gasteiger partial charge in [0, 0.05) is 22.7 Å². The smallest absolute Gasteiger partial charge is 0.242 e. The summed E-state index contributed by atoms with van der Waals surface area (Å²) < 4.78 is 5.84. The van der Waals surface area contributed by atoms with Gasteiger partial charge in [-0.25, -0.2) is 0 Å². The summed E-state index contributed by atoms with van der Waals surface area (Å²) in [4.78, 5) is 26.3. The number of nitrogens with one attached hydrogen (secondary N) is 2. The largest absolute Gasteiger partial charge is 0.457 e. The number of carbonyl (C=O) groups excluding carboxylic acids is 2. The predicted molar refractivity (Wildman–Crippen MR) is 147 cm³/mol. The molecule has 0 spiro atoms. The van der Waals surface area contributed by atoms with Gasteiger partial charge in [0.25, 0.3) is 0 Å². The zero-order valence-corrected chi connectivity index (χ0v) is 20.8. The predicted octanol–water partition coefficient (Wildman–Crippen LogP) is 7.69. The molecule has 0 aliphatic heterocycles. The fourth-order valence-corrected chi connectivity index (χ4v) is 4.66. The molecule has 5 nitrogen and oxygen atoms in total. The molecule has 0 bridgehead atoms. The second-order valence-electron chi connectivity index (χ2n) is 8.16. The molecule has 0 radical (unpaired) electrons. The quantitative estimate of drug-likeness (QED) is 0.221. The van der Waals surface area contributed by atoms with Gasteiger partial charge in [-0.1, -0.05) is 61.5 Å². The summed E-state index contributed by atoms with van der Waals surface area (Å²) in [5.74, 6) is 1.29. The molecule has 0 aliphatic rings. The van der Waals surface area contributed by atoms with Crippen LogP contribution in [0.25, 0.3) is 0 Å². The van der Waals surface area contributed by atoms with Crippen LogP contribution in [0.2, 0.25) is 0 Å². The van der Waals surface area contributed by atoms with Gasteiger partial charge in [0.2, 0.25) is 11.8 Å². The van der Waals surface area contributed by atoms with E-state index in [-0.39, 0.29) is 11.8 Å². The van der Waals surface area contributed by atoms with Gasteiger partial charge in [-0.15, -0.1) is 11.8 Å². The Morgan fingerprint density at radius 1 is 0.750 bits per heavy atom. The van der Waals surface area contributed by atoms with E-state index in [2.05, 4.69) is 10.6 Å². The summed E-state index contributed by atoms with van der Waals surface area (Å²) in [5.41, 5.74) is 2.30. The molecule has 6 heteroatoms. The highest BCUT2D eigenvalue weighted by Gasteiger charge is 2.22. The molecule has 2 N–H and O–H groups in total. The maximum atomic E-state index is 13.4. The highest BCUT2D eigenvalue weighted by atomic mass is 32.2. The van der Waals surface area contributed by atoms with Crippen molar-refractivity contribution in [1.82, 2.24) is 0 Å². The zero-order chi connectivity index (χ0) is 25.2. The van der Waals surface area contributed by atoms with E-state index in [9.17, 15) is 9.59 Å². The van der Waals surface area contributed by atoms with Crippen molar-refractivity contribution in [2.75, 3.05) is 10.6 Å². The van der Waals surface area contributed by atoms with Crippen molar-refractivity contribution in [1.29, 1.82) is 0 Å². The Bertz CT molecular complexity index is 1280. The number of hydrogen-bond acceptors (Lipinski definition) is 4. The van der Waals surface area contributed by atoms with Crippen LogP contribution in [0.5, 0.6) is 11.5 Å². The highest BCUT2D eigenvalue weighted by Crippen LogP contribution is 2.37. The number of amides is 2. The van der Waals surface area contributed by atoms with Crippen molar-refractivity contribution < 1.29 is 14.3 Å². The van der Waals surface area contributed by atoms with Crippen LogP contribution in [0.3, 0.4) is 0 Å². The number of para-hydroxylation sites is 1. The lowest BCUT2D eigenvalue weighted by atomic mass is 10.1. The minimum absolute atomic E-state index is 0.0170. The first-order valence-corrected chi connectivity index (χ1v) is 12.7. The topological polar surface area (TPSA) is 67.4 Å². The van der Waals surface area contributed by atoms with Crippen LogP contribution in [0, 0.1) is 0 Å². The molecule has 1 atom stereocenters. The van der Waals surface area contributed by atoms with Crippen LogP contribution in [-0.2, 0) is 9.59 Å². The second-order valence-corrected chi connectivity index (χ2v) is 9.34. The normalized spacial score (nSPS) is 11.4. The number of benzene rings is 4. The van der Waals surface area contributed by atoms with Gasteiger partial charge in [0.05, 0.1) is 0 Å². The molecule has 0 heterocycles. The van der Waals surface area contributed by atoms with Crippen LogP contribution in [0.1, 0.15) is 30.6 Å². The SMILES string of the molecule is CCCC(=O)Nc1cccc(SC(C(=O)Nc2ccc(Oc3ccccc3)cc2)c2ccccc2)c1. The summed E-state index contributed by atoms with van der Waals surface area (Å²) >= 11 is 1.44. The Morgan fingerprint density at radius 2 is 1.42 bits per heavy atom. The van der Waals surface area contributed by atoms with E-state index >= 15 is 0 Å². The summed E-state index contributed by atoms with van der Waals surface area (Å²) in [6.45, 7) is 1.97. The van der Waals surface area contributed by atoms with E-state index < -0.39 is 5.25 Å². The third-order valence-corrected chi connectivity index (χ3v) is 6.54. The molecule has 0 aliphatic carbocycles. The number of rotatable bonds is 10. The van der Waals surface area contributed by atoms with Crippen LogP contribution in [0.15, 0.2) is 114 Å². The first kappa shape index (κ1) is 25.1. The lowest BCUT2D eigenvalue weighted by Gasteiger charge is -2.18. The van der Waals surface area contributed by atoms with Gasteiger partial charge in [0.15, 0.2) is 0 Å². The Hall–Kier alpha value is -4.03. The second kappa shape index (κ2) is 12.6. The third kappa shape index (κ3) is 7.23. The maximum Gasteiger partial charge on any atom is 0.242 e. The lowest BCUT2D eigenvalue weighted by molar-refractivity contribution is -0.116. The monoisotopic (exact) mass is 496 g/mol. The molecule has 1 unspecified atom stereocenters. The average Bonchev–Trinajstić information content (AvgIpc) is 2.90. The summed E-state index contributed by atoms with van der Waals surface area (Å²) in [6, 6.07) is 34.1. The molecular weight excluding hydrogens is 468 g/mol. The van der Waals surface area contributed by atoms with E-state index in [0.717, 1.165) is 28.3 Å². The molecule has 36 heavy (non-hydrogen) atoms. The van der Waals surface area contributed by atoms with Crippen LogP contribution in [0.4, 0.5) is 11.4 Å². The van der Waals surface area contributed by atoms with E-state index in [1.54, 1.807) is 0 Å². The van der Waals surface area contributed by atoms with Crippen molar-refractivity contribution >= 4 is 35.0 Å². The Balaban J connectivity index is 1.48. The van der Waals surface area contributed by atoms with E-state index in [0.29, 0.717) is 17.9 Å². The fourth-order valence-electron chi connectivity index (χ4n) is 3.57. The number of thioether (sulfide) groups is 1. The highest BCUT2D eigenvalue weighted by molar-refractivity contribution is 8.00. The molecule has 4 rings (SSSR count). The minimum Gasteiger partial charge on any atom is -0.457 e. The first-order valence-electron chi connectivity index (χ1n) is 11.9. The minimum atomic E-state index is -0.479. The summed E-state index contributed by atoms with van der Waals surface area (Å²) in [7, 11) is 0. The molecule has 182 valence electrons. The maximum absolute atomic E-state index is 13.4. The van der Waals surface area contributed by atoms with Gasteiger partial charge in [-0.2, -0.15) is 0 Å². The van der Waals surface area contributed by atoms with E-state index in [1.165, 1.54) is 11.8 Å². The van der Waals surface area contributed by atoms with Crippen LogP contribution >= 0.6 is 11.8 Å². The summed E-state index contributed by atoms with van der Waals surface area (Å²) in [5, 5.41) is 5.47. The molecule has 0 aromatic heterocycles. The van der Waals surface area contributed by atoms with Crippen LogP contribution in [-0.4, -0.2) is 11.8 Å². The molecule has 0 saturated carbocycles. The first-order chi connectivity index (χ1) is 17.6. The Labute approximate surface area is 215 Å². The molecule has 2 amide bonds. The van der Waals surface area contributed by atoms with Crippen molar-refractivity contribution in [2.45, 2.75) is 29.9 Å². The van der Waals surface area contributed by atoms with Gasteiger partial charge in [-0.3, -0.25) is 9.59 Å². The van der Waals surface area contributed by atoms with Crippen LogP contribution < -0.4 is 15.4 Å². The fraction of sp³-hybridized carbons (Fsp3) is 0.133. The molecule has 4 aromatic rings. The third-order valence-electron chi connectivity index (χ3n) is 5.29. The van der Waals surface area contributed by atoms with Crippen molar-refractivity contribution in [3.63, 3.8) is 0 Å². The average molecular weight is 497 g/mol. The molecule has 0 fully saturated rings. The van der Waals surface area contributed by atoms with Gasteiger partial charge in [-0.05, 0) is 66.6 Å². The Kier molecular flexibility index (Phi) is 8.78. The van der Waals surface area contributed by atoms with E-state index in [1.807, 2.05) is 116 Å². The molecule has 4 aromatic carbocycles. The number of anilines is 2. The standard InChI is InChI=1S/C30H28N2O3S/c1-2-10-28(33)31-24-13-9-16-27(21-24)36-29(22-11-5-3-6-12-22)30(34)32-23-17-19-26(20-18-23)35-25-14-7-4-8-15-25/h3-9,11-21,29H,2,10H2,1H3,(H,31,33)(H,32,34). The molecular formula is C30H28N2O3S. The van der Waals surface area contributed by atoms with Gasteiger partial charge < -0.3 is 15.4 Å². The summed E-state index contributed by atoms with van der Waals surface area (Å²) in [6.07, 6.45) is 1.26. The molecule has 0 saturated heterocycles. The van der Waals surface area contributed by atoms with E-state index in [4.69, 9.17) is 4.74 Å².